The highest BCUT2D eigenvalue weighted by Gasteiger charge is 2.53. The van der Waals surface area contributed by atoms with Crippen LogP contribution in [0.4, 0.5) is 10.2 Å². The van der Waals surface area contributed by atoms with E-state index in [1.165, 1.54) is 10.9 Å². The van der Waals surface area contributed by atoms with Crippen molar-refractivity contribution in [1.82, 2.24) is 19.5 Å². The van der Waals surface area contributed by atoms with Crippen LogP contribution in [0.1, 0.15) is 34.8 Å². The first-order valence-electron chi connectivity index (χ1n) is 9.49. The van der Waals surface area contributed by atoms with Gasteiger partial charge in [0.05, 0.1) is 20.4 Å². The van der Waals surface area contributed by atoms with Crippen molar-refractivity contribution in [3.8, 4) is 12.3 Å². The Morgan fingerprint density at radius 3 is 2.82 bits per heavy atom. The zero-order valence-electron chi connectivity index (χ0n) is 17.6. The lowest BCUT2D eigenvalue weighted by molar-refractivity contribution is -0.0866. The standard InChI is InChI=1S/C18H26FN5O3Si/c1-7-18(9-25)11(27-28(5,6)17(2,3)4)8-12(26-18)24-10-21-13-14(20)22-16(19)23-15(13)24/h1,10-12,25H,8-9H2,2-6H3,(H2,20,22,23)/t11-,12+,18+/m0/s1/i9D/t9?,11-,12+,18+. The fourth-order valence-electron chi connectivity index (χ4n) is 2.95. The number of halogens is 1. The number of fused-ring (bicyclic) bond motifs is 1. The molecule has 0 amide bonds. The van der Waals surface area contributed by atoms with Crippen molar-refractivity contribution in [2.75, 3.05) is 12.3 Å². The predicted molar refractivity (Wildman–Crippen MR) is 105 cm³/mol. The minimum absolute atomic E-state index is 0.0953. The maximum absolute atomic E-state index is 13.7. The Balaban J connectivity index is 2.04. The number of terminal acetylenes is 1. The number of aliphatic hydroxyl groups is 1. The first kappa shape index (κ1) is 19.3. The van der Waals surface area contributed by atoms with E-state index in [1.54, 1.807) is 0 Å². The molecule has 1 unspecified atom stereocenters. The Kier molecular flexibility index (Phi) is 4.66. The lowest BCUT2D eigenvalue weighted by atomic mass is 9.99. The van der Waals surface area contributed by atoms with Gasteiger partial charge in [-0.05, 0) is 18.1 Å². The van der Waals surface area contributed by atoms with Crippen LogP contribution in [0.15, 0.2) is 6.33 Å². The molecule has 1 fully saturated rings. The topological polar surface area (TPSA) is 108 Å². The smallest absolute Gasteiger partial charge is 0.312 e. The summed E-state index contributed by atoms with van der Waals surface area (Å²) in [6, 6.07) is 0. The monoisotopic (exact) mass is 408 g/mol. The summed E-state index contributed by atoms with van der Waals surface area (Å²) in [6.07, 6.45) is 4.82. The summed E-state index contributed by atoms with van der Waals surface area (Å²) in [5.74, 6) is 2.34. The van der Waals surface area contributed by atoms with Crippen molar-refractivity contribution in [3.05, 3.63) is 12.4 Å². The van der Waals surface area contributed by atoms with Crippen LogP contribution in [0, 0.1) is 18.4 Å². The Morgan fingerprint density at radius 1 is 1.57 bits per heavy atom. The molecule has 3 heterocycles. The third kappa shape index (κ3) is 3.28. The third-order valence-electron chi connectivity index (χ3n) is 5.62. The molecule has 0 aromatic carbocycles. The Bertz CT molecular complexity index is 971. The molecule has 0 saturated carbocycles. The van der Waals surface area contributed by atoms with E-state index in [9.17, 15) is 9.50 Å². The van der Waals surface area contributed by atoms with Gasteiger partial charge in [-0.15, -0.1) is 6.42 Å². The van der Waals surface area contributed by atoms with Gasteiger partial charge >= 0.3 is 6.08 Å². The fourth-order valence-corrected chi connectivity index (χ4v) is 4.28. The van der Waals surface area contributed by atoms with Crippen molar-refractivity contribution in [3.63, 3.8) is 0 Å². The first-order valence-corrected chi connectivity index (χ1v) is 11.8. The number of nitrogen functional groups attached to an aromatic ring is 1. The molecule has 3 rings (SSSR count). The highest BCUT2D eigenvalue weighted by atomic mass is 28.4. The highest BCUT2D eigenvalue weighted by molar-refractivity contribution is 6.74. The molecule has 1 saturated heterocycles. The average molecular weight is 409 g/mol. The molecule has 10 heteroatoms. The predicted octanol–water partition coefficient (Wildman–Crippen LogP) is 2.22. The molecular formula is C18H26FN5O3Si. The number of rotatable bonds is 4. The van der Waals surface area contributed by atoms with E-state index in [1.807, 2.05) is 13.1 Å². The Labute approximate surface area is 165 Å². The number of anilines is 1. The molecule has 3 N–H and O–H groups in total. The zero-order chi connectivity index (χ0) is 21.8. The first-order chi connectivity index (χ1) is 13.3. The molecule has 8 nitrogen and oxygen atoms in total. The number of nitrogens with zero attached hydrogens (tertiary/aromatic N) is 4. The van der Waals surface area contributed by atoms with E-state index in [0.717, 1.165) is 0 Å². The lowest BCUT2D eigenvalue weighted by Gasteiger charge is -2.41. The van der Waals surface area contributed by atoms with Crippen LogP contribution in [-0.4, -0.2) is 51.2 Å². The van der Waals surface area contributed by atoms with Crippen molar-refractivity contribution in [2.24, 2.45) is 0 Å². The van der Waals surface area contributed by atoms with Crippen LogP contribution in [-0.2, 0) is 9.16 Å². The van der Waals surface area contributed by atoms with Gasteiger partial charge in [0.15, 0.2) is 30.9 Å². The van der Waals surface area contributed by atoms with Gasteiger partial charge in [-0.1, -0.05) is 26.7 Å². The van der Waals surface area contributed by atoms with Crippen LogP contribution in [0.25, 0.3) is 11.2 Å². The summed E-state index contributed by atoms with van der Waals surface area (Å²) in [6.45, 7) is 8.59. The van der Waals surface area contributed by atoms with Gasteiger partial charge in [-0.25, -0.2) is 4.98 Å². The van der Waals surface area contributed by atoms with E-state index in [4.69, 9.17) is 22.7 Å². The molecular weight excluding hydrogens is 381 g/mol. The zero-order valence-corrected chi connectivity index (χ0v) is 17.6. The summed E-state index contributed by atoms with van der Waals surface area (Å²) in [7, 11) is -2.31. The number of ether oxygens (including phenoxy) is 1. The second-order valence-corrected chi connectivity index (χ2v) is 13.2. The third-order valence-corrected chi connectivity index (χ3v) is 10.1. The second-order valence-electron chi connectivity index (χ2n) is 8.44. The second kappa shape index (κ2) is 6.77. The van der Waals surface area contributed by atoms with Gasteiger partial charge in [-0.2, -0.15) is 14.4 Å². The fraction of sp³-hybridized carbons (Fsp3) is 0.611. The molecule has 2 aromatic heterocycles. The van der Waals surface area contributed by atoms with Crippen LogP contribution in [0.3, 0.4) is 0 Å². The molecule has 0 radical (unpaired) electrons. The van der Waals surface area contributed by atoms with Gasteiger partial charge in [0, 0.05) is 6.42 Å². The van der Waals surface area contributed by atoms with Crippen molar-refractivity contribution >= 4 is 25.3 Å². The maximum Gasteiger partial charge on any atom is 0.312 e. The largest absolute Gasteiger partial charge is 0.410 e. The highest BCUT2D eigenvalue weighted by Crippen LogP contribution is 2.44. The molecule has 1 aliphatic heterocycles. The normalized spacial score (nSPS) is 27.6. The van der Waals surface area contributed by atoms with Gasteiger partial charge in [0.25, 0.3) is 0 Å². The number of hydrogen-bond acceptors (Lipinski definition) is 7. The van der Waals surface area contributed by atoms with Crippen LogP contribution in [0.2, 0.25) is 18.1 Å². The molecule has 1 aliphatic rings. The van der Waals surface area contributed by atoms with Gasteiger partial charge < -0.3 is 20.0 Å². The number of nitrogens with two attached hydrogens (primary N) is 1. The van der Waals surface area contributed by atoms with E-state index >= 15 is 0 Å². The molecule has 0 bridgehead atoms. The number of aromatic nitrogens is 4. The van der Waals surface area contributed by atoms with Crippen LogP contribution >= 0.6 is 0 Å². The summed E-state index contributed by atoms with van der Waals surface area (Å²) < 4.78 is 35.6. The summed E-state index contributed by atoms with van der Waals surface area (Å²) in [5.41, 5.74) is 4.40. The number of hydrogen-bond donors (Lipinski definition) is 2. The Morgan fingerprint density at radius 2 is 2.25 bits per heavy atom. The summed E-state index contributed by atoms with van der Waals surface area (Å²) in [5, 5.41) is 10.1. The van der Waals surface area contributed by atoms with E-state index in [0.29, 0.717) is 0 Å². The van der Waals surface area contributed by atoms with Gasteiger partial charge in [-0.3, -0.25) is 4.57 Å². The van der Waals surface area contributed by atoms with E-state index < -0.39 is 38.9 Å². The van der Waals surface area contributed by atoms with Crippen molar-refractivity contribution in [2.45, 2.75) is 63.3 Å². The maximum atomic E-state index is 13.7. The number of aliphatic hydroxyl groups excluding tert-OH is 1. The number of imidazole rings is 1. The van der Waals surface area contributed by atoms with Crippen LogP contribution < -0.4 is 5.73 Å². The van der Waals surface area contributed by atoms with Crippen LogP contribution in [0.5, 0.6) is 0 Å². The van der Waals surface area contributed by atoms with Crippen molar-refractivity contribution in [1.29, 1.82) is 0 Å². The molecule has 152 valence electrons. The quantitative estimate of drug-likeness (QED) is 0.454. The lowest BCUT2D eigenvalue weighted by Crippen LogP contribution is -2.51. The average Bonchev–Trinajstić information content (AvgIpc) is 3.15. The van der Waals surface area contributed by atoms with E-state index in [-0.39, 0.29) is 28.4 Å². The molecule has 0 aliphatic carbocycles. The minimum atomic E-state index is -2.31. The molecule has 4 atom stereocenters. The van der Waals surface area contributed by atoms with Gasteiger partial charge in [0.1, 0.15) is 6.23 Å². The van der Waals surface area contributed by atoms with E-state index in [2.05, 4.69) is 41.6 Å². The SMILES string of the molecule is [2H]C(O)[C@@]1(C#C)O[C@@H](n2cnc3c(N)nc(F)nc32)C[C@@H]1O[Si](C)(C)C(C)(C)C. The van der Waals surface area contributed by atoms with Crippen molar-refractivity contribution < 1.29 is 20.0 Å². The summed E-state index contributed by atoms with van der Waals surface area (Å²) in [4.78, 5) is 11.4. The van der Waals surface area contributed by atoms with Gasteiger partial charge in [0.2, 0.25) is 0 Å². The molecule has 2 aromatic rings. The molecule has 28 heavy (non-hydrogen) atoms. The minimum Gasteiger partial charge on any atom is -0.410 e. The molecule has 0 spiro atoms. The summed E-state index contributed by atoms with van der Waals surface area (Å²) >= 11 is 0. The Hall–Kier alpha value is -2.06.